The predicted octanol–water partition coefficient (Wildman–Crippen LogP) is 5.31. The zero-order valence-electron chi connectivity index (χ0n) is 16.4. The lowest BCUT2D eigenvalue weighted by atomic mass is 10.1. The first kappa shape index (κ1) is 21.0. The van der Waals surface area contributed by atoms with E-state index in [9.17, 15) is 14.4 Å². The van der Waals surface area contributed by atoms with Crippen molar-refractivity contribution in [3.63, 3.8) is 0 Å². The maximum absolute atomic E-state index is 13.0. The highest BCUT2D eigenvalue weighted by molar-refractivity contribution is 7.99. The van der Waals surface area contributed by atoms with Gasteiger partial charge in [0.25, 0.3) is 11.8 Å². The van der Waals surface area contributed by atoms with E-state index in [0.717, 1.165) is 21.8 Å². The number of urea groups is 1. The van der Waals surface area contributed by atoms with Crippen LogP contribution in [-0.2, 0) is 16.0 Å². The highest BCUT2D eigenvalue weighted by Crippen LogP contribution is 2.31. The van der Waals surface area contributed by atoms with Crippen molar-refractivity contribution in [3.8, 4) is 0 Å². The molecule has 8 heteroatoms. The molecule has 1 N–H and O–H groups in total. The summed E-state index contributed by atoms with van der Waals surface area (Å²) in [7, 11) is 0. The van der Waals surface area contributed by atoms with Crippen LogP contribution >= 0.6 is 23.4 Å². The highest BCUT2D eigenvalue weighted by Gasteiger charge is 2.37. The van der Waals surface area contributed by atoms with E-state index in [4.69, 9.17) is 16.0 Å². The zero-order valence-corrected chi connectivity index (χ0v) is 18.0. The highest BCUT2D eigenvalue weighted by atomic mass is 35.5. The molecule has 4 rings (SSSR count). The Hall–Kier alpha value is -3.29. The molecule has 0 atom stereocenters. The lowest BCUT2D eigenvalue weighted by Gasteiger charge is -2.26. The van der Waals surface area contributed by atoms with Gasteiger partial charge in [-0.2, -0.15) is 0 Å². The fourth-order valence-corrected chi connectivity index (χ4v) is 3.90. The quantitative estimate of drug-likeness (QED) is 0.419. The number of benzene rings is 2. The van der Waals surface area contributed by atoms with Gasteiger partial charge in [-0.3, -0.25) is 14.9 Å². The first-order valence-corrected chi connectivity index (χ1v) is 10.7. The van der Waals surface area contributed by atoms with Gasteiger partial charge in [0.2, 0.25) is 0 Å². The SMILES string of the molecule is CCc1ccc(N2C(=O)NC(=O)/C(=C/c3ccc(Sc4ccc(Cl)cc4)o3)C2=O)cc1. The second-order valence-corrected chi connectivity index (χ2v) is 8.20. The van der Waals surface area contributed by atoms with E-state index in [0.29, 0.717) is 21.6 Å². The molecule has 2 aromatic carbocycles. The molecule has 6 nitrogen and oxygen atoms in total. The fourth-order valence-electron chi connectivity index (χ4n) is 3.00. The van der Waals surface area contributed by atoms with Crippen LogP contribution in [0.15, 0.2) is 80.6 Å². The number of rotatable bonds is 5. The van der Waals surface area contributed by atoms with Crippen molar-refractivity contribution in [1.29, 1.82) is 0 Å². The molecule has 0 aliphatic carbocycles. The number of carbonyl (C=O) groups is 3. The predicted molar refractivity (Wildman–Crippen MR) is 119 cm³/mol. The standard InChI is InChI=1S/C23H17ClN2O4S/c1-2-14-3-7-16(8-4-14)26-22(28)19(21(27)25-23(26)29)13-17-9-12-20(30-17)31-18-10-5-15(24)6-11-18/h3-13H,2H2,1H3,(H,25,27,29)/b19-13-. The Morgan fingerprint density at radius 2 is 1.71 bits per heavy atom. The maximum atomic E-state index is 13.0. The molecular weight excluding hydrogens is 436 g/mol. The van der Waals surface area contributed by atoms with E-state index in [1.807, 2.05) is 31.2 Å². The Morgan fingerprint density at radius 3 is 2.39 bits per heavy atom. The molecule has 0 saturated carbocycles. The van der Waals surface area contributed by atoms with Gasteiger partial charge in [-0.25, -0.2) is 9.69 Å². The minimum absolute atomic E-state index is 0.184. The maximum Gasteiger partial charge on any atom is 0.335 e. The molecule has 1 fully saturated rings. The van der Waals surface area contributed by atoms with E-state index < -0.39 is 17.8 Å². The molecule has 1 saturated heterocycles. The Kier molecular flexibility index (Phi) is 5.97. The molecule has 156 valence electrons. The number of imide groups is 2. The van der Waals surface area contributed by atoms with E-state index in [1.165, 1.54) is 17.8 Å². The van der Waals surface area contributed by atoms with Crippen LogP contribution < -0.4 is 10.2 Å². The molecule has 1 aliphatic heterocycles. The molecule has 0 radical (unpaired) electrons. The van der Waals surface area contributed by atoms with Crippen molar-refractivity contribution in [2.24, 2.45) is 0 Å². The Bertz CT molecular complexity index is 1180. The third kappa shape index (κ3) is 4.57. The second kappa shape index (κ2) is 8.83. The van der Waals surface area contributed by atoms with Crippen molar-refractivity contribution >= 4 is 53.0 Å². The van der Waals surface area contributed by atoms with E-state index in [1.54, 1.807) is 36.4 Å². The number of halogens is 1. The van der Waals surface area contributed by atoms with Gasteiger partial charge in [-0.15, -0.1) is 0 Å². The van der Waals surface area contributed by atoms with Crippen LogP contribution in [0.4, 0.5) is 10.5 Å². The number of aryl methyl sites for hydroxylation is 1. The molecule has 4 amide bonds. The number of barbiturate groups is 1. The Labute approximate surface area is 187 Å². The molecular formula is C23H17ClN2O4S. The largest absolute Gasteiger partial charge is 0.450 e. The van der Waals surface area contributed by atoms with Crippen LogP contribution in [0.5, 0.6) is 0 Å². The van der Waals surface area contributed by atoms with Gasteiger partial charge in [0.15, 0.2) is 5.09 Å². The monoisotopic (exact) mass is 452 g/mol. The zero-order chi connectivity index (χ0) is 22.0. The minimum atomic E-state index is -0.783. The number of amides is 4. The lowest BCUT2D eigenvalue weighted by molar-refractivity contribution is -0.122. The smallest absolute Gasteiger partial charge is 0.335 e. The molecule has 0 unspecified atom stereocenters. The molecule has 31 heavy (non-hydrogen) atoms. The molecule has 1 aliphatic rings. The molecule has 1 aromatic heterocycles. The van der Waals surface area contributed by atoms with E-state index in [2.05, 4.69) is 5.32 Å². The van der Waals surface area contributed by atoms with Gasteiger partial charge in [-0.1, -0.05) is 42.4 Å². The first-order valence-electron chi connectivity index (χ1n) is 9.48. The molecule has 0 spiro atoms. The molecule has 0 bridgehead atoms. The van der Waals surface area contributed by atoms with Crippen LogP contribution in [0.25, 0.3) is 6.08 Å². The summed E-state index contributed by atoms with van der Waals surface area (Å²) in [6.07, 6.45) is 2.17. The van der Waals surface area contributed by atoms with Gasteiger partial charge in [0.1, 0.15) is 11.3 Å². The summed E-state index contributed by atoms with van der Waals surface area (Å²) in [5.41, 5.74) is 1.27. The van der Waals surface area contributed by atoms with Crippen LogP contribution in [-0.4, -0.2) is 17.8 Å². The summed E-state index contributed by atoms with van der Waals surface area (Å²) in [6, 6.07) is 16.9. The second-order valence-electron chi connectivity index (χ2n) is 6.69. The van der Waals surface area contributed by atoms with Crippen LogP contribution in [0.1, 0.15) is 18.2 Å². The number of nitrogens with one attached hydrogen (secondary N) is 1. The van der Waals surface area contributed by atoms with Gasteiger partial charge < -0.3 is 4.42 Å². The fraction of sp³-hybridized carbons (Fsp3) is 0.0870. The molecule has 3 aromatic rings. The van der Waals surface area contributed by atoms with Crippen molar-refractivity contribution in [2.45, 2.75) is 23.3 Å². The van der Waals surface area contributed by atoms with Crippen molar-refractivity contribution in [2.75, 3.05) is 4.90 Å². The Balaban J connectivity index is 1.58. The summed E-state index contributed by atoms with van der Waals surface area (Å²) >= 11 is 7.28. The van der Waals surface area contributed by atoms with Crippen LogP contribution in [0.3, 0.4) is 0 Å². The molecule has 2 heterocycles. The van der Waals surface area contributed by atoms with Crippen molar-refractivity contribution in [1.82, 2.24) is 5.32 Å². The van der Waals surface area contributed by atoms with Gasteiger partial charge in [-0.05, 0) is 66.6 Å². The summed E-state index contributed by atoms with van der Waals surface area (Å²) in [5.74, 6) is -1.15. The van der Waals surface area contributed by atoms with Crippen molar-refractivity contribution in [3.05, 3.63) is 82.6 Å². The number of carbonyl (C=O) groups excluding carboxylic acids is 3. The third-order valence-electron chi connectivity index (χ3n) is 4.63. The van der Waals surface area contributed by atoms with Gasteiger partial charge in [0.05, 0.1) is 5.69 Å². The van der Waals surface area contributed by atoms with Crippen molar-refractivity contribution < 1.29 is 18.8 Å². The summed E-state index contributed by atoms with van der Waals surface area (Å²) in [5, 5.41) is 3.43. The summed E-state index contributed by atoms with van der Waals surface area (Å²) < 4.78 is 5.73. The van der Waals surface area contributed by atoms with Crippen LogP contribution in [0, 0.1) is 0 Å². The summed E-state index contributed by atoms with van der Waals surface area (Å²) in [6.45, 7) is 2.01. The first-order chi connectivity index (χ1) is 14.9. The number of anilines is 1. The topological polar surface area (TPSA) is 79.6 Å². The number of nitrogens with zero attached hydrogens (tertiary/aromatic N) is 1. The number of hydrogen-bond donors (Lipinski definition) is 1. The van der Waals surface area contributed by atoms with E-state index >= 15 is 0 Å². The average molecular weight is 453 g/mol. The lowest BCUT2D eigenvalue weighted by Crippen LogP contribution is -2.54. The summed E-state index contributed by atoms with van der Waals surface area (Å²) in [4.78, 5) is 39.5. The van der Waals surface area contributed by atoms with E-state index in [-0.39, 0.29) is 5.57 Å². The number of furan rings is 1. The van der Waals surface area contributed by atoms with Gasteiger partial charge >= 0.3 is 6.03 Å². The third-order valence-corrected chi connectivity index (χ3v) is 5.81. The van der Waals surface area contributed by atoms with Crippen LogP contribution in [0.2, 0.25) is 5.02 Å². The number of hydrogen-bond acceptors (Lipinski definition) is 5. The Morgan fingerprint density at radius 1 is 1.00 bits per heavy atom. The normalized spacial score (nSPS) is 15.5. The van der Waals surface area contributed by atoms with Gasteiger partial charge in [0, 0.05) is 9.92 Å². The average Bonchev–Trinajstić information content (AvgIpc) is 3.20. The minimum Gasteiger partial charge on any atom is -0.450 e.